The molecule has 5 N–H and O–H groups in total. The standard InChI is InChI=1S/C16H20ClN3O2/c17-13-10-4-7-19-14(10)12(18)8-11(13)15(21)20-9-16(22)5-2-1-3-6-16/h4,7-8,19,22H,1-3,5-6,9,18H2,(H,20,21). The maximum absolute atomic E-state index is 12.4. The second kappa shape index (κ2) is 5.82. The molecule has 0 radical (unpaired) electrons. The van der Waals surface area contributed by atoms with Gasteiger partial charge in [-0.25, -0.2) is 0 Å². The van der Waals surface area contributed by atoms with Crippen LogP contribution in [-0.4, -0.2) is 28.1 Å². The maximum atomic E-state index is 12.4. The number of rotatable bonds is 3. The van der Waals surface area contributed by atoms with E-state index in [4.69, 9.17) is 17.3 Å². The van der Waals surface area contributed by atoms with Crippen LogP contribution in [0.25, 0.3) is 10.9 Å². The fourth-order valence-corrected chi connectivity index (χ4v) is 3.42. The van der Waals surface area contributed by atoms with E-state index in [0.29, 0.717) is 16.3 Å². The van der Waals surface area contributed by atoms with E-state index in [9.17, 15) is 9.90 Å². The Kier molecular flexibility index (Phi) is 4.02. The first-order valence-electron chi connectivity index (χ1n) is 7.56. The molecule has 0 spiro atoms. The van der Waals surface area contributed by atoms with E-state index in [1.807, 2.05) is 0 Å². The summed E-state index contributed by atoms with van der Waals surface area (Å²) in [5.74, 6) is -0.307. The SMILES string of the molecule is Nc1cc(C(=O)NCC2(O)CCCCC2)c(Cl)c2cc[nH]c12. The molecule has 1 amide bonds. The van der Waals surface area contributed by atoms with E-state index in [1.165, 1.54) is 0 Å². The topological polar surface area (TPSA) is 91.1 Å². The van der Waals surface area contributed by atoms with Crippen molar-refractivity contribution in [3.05, 3.63) is 28.9 Å². The lowest BCUT2D eigenvalue weighted by molar-refractivity contribution is 0.00526. The molecule has 118 valence electrons. The number of aromatic amines is 1. The zero-order valence-electron chi connectivity index (χ0n) is 12.3. The van der Waals surface area contributed by atoms with Crippen LogP contribution < -0.4 is 11.1 Å². The van der Waals surface area contributed by atoms with Crippen LogP contribution in [0.4, 0.5) is 5.69 Å². The summed E-state index contributed by atoms with van der Waals surface area (Å²) >= 11 is 6.31. The van der Waals surface area contributed by atoms with Gasteiger partial charge in [-0.1, -0.05) is 30.9 Å². The third-order valence-corrected chi connectivity index (χ3v) is 4.82. The Labute approximate surface area is 133 Å². The number of amides is 1. The summed E-state index contributed by atoms with van der Waals surface area (Å²) in [5, 5.41) is 14.3. The van der Waals surface area contributed by atoms with Crippen LogP contribution in [0.2, 0.25) is 5.02 Å². The number of anilines is 1. The Hall–Kier alpha value is -1.72. The number of carbonyl (C=O) groups is 1. The van der Waals surface area contributed by atoms with Crippen molar-refractivity contribution in [3.8, 4) is 0 Å². The average Bonchev–Trinajstić information content (AvgIpc) is 3.00. The van der Waals surface area contributed by atoms with Crippen molar-refractivity contribution in [1.29, 1.82) is 0 Å². The number of carbonyl (C=O) groups excluding carboxylic acids is 1. The molecule has 1 aliphatic rings. The van der Waals surface area contributed by atoms with E-state index in [0.717, 1.165) is 43.0 Å². The Morgan fingerprint density at radius 3 is 2.86 bits per heavy atom. The Morgan fingerprint density at radius 1 is 1.41 bits per heavy atom. The largest absolute Gasteiger partial charge is 0.397 e. The Bertz CT molecular complexity index is 705. The molecule has 0 atom stereocenters. The van der Waals surface area contributed by atoms with Crippen molar-refractivity contribution < 1.29 is 9.90 Å². The summed E-state index contributed by atoms with van der Waals surface area (Å²) in [4.78, 5) is 15.4. The molecule has 1 fully saturated rings. The normalized spacial score (nSPS) is 17.5. The molecule has 6 heteroatoms. The van der Waals surface area contributed by atoms with Crippen molar-refractivity contribution in [1.82, 2.24) is 10.3 Å². The summed E-state index contributed by atoms with van der Waals surface area (Å²) in [7, 11) is 0. The fourth-order valence-electron chi connectivity index (χ4n) is 3.12. The van der Waals surface area contributed by atoms with Crippen LogP contribution in [0.1, 0.15) is 42.5 Å². The molecule has 22 heavy (non-hydrogen) atoms. The number of benzene rings is 1. The molecule has 1 saturated carbocycles. The molecule has 3 rings (SSSR count). The van der Waals surface area contributed by atoms with Gasteiger partial charge in [0.05, 0.1) is 27.4 Å². The summed E-state index contributed by atoms with van der Waals surface area (Å²) in [6.07, 6.45) is 6.31. The van der Waals surface area contributed by atoms with Crippen LogP contribution >= 0.6 is 11.6 Å². The first-order chi connectivity index (χ1) is 10.5. The summed E-state index contributed by atoms with van der Waals surface area (Å²) in [5.41, 5.74) is 6.70. The highest BCUT2D eigenvalue weighted by Crippen LogP contribution is 2.31. The molecule has 1 aromatic heterocycles. The number of nitrogens with two attached hydrogens (primary N) is 1. The minimum absolute atomic E-state index is 0.243. The van der Waals surface area contributed by atoms with Gasteiger partial charge < -0.3 is 21.1 Å². The zero-order chi connectivity index (χ0) is 15.7. The molecule has 5 nitrogen and oxygen atoms in total. The van der Waals surface area contributed by atoms with E-state index in [-0.39, 0.29) is 12.5 Å². The van der Waals surface area contributed by atoms with Crippen molar-refractivity contribution in [2.24, 2.45) is 0 Å². The number of aliphatic hydroxyl groups is 1. The van der Waals surface area contributed by atoms with Gasteiger partial charge in [-0.2, -0.15) is 0 Å². The zero-order valence-corrected chi connectivity index (χ0v) is 13.0. The third kappa shape index (κ3) is 2.78. The molecular formula is C16H20ClN3O2. The number of nitrogen functional groups attached to an aromatic ring is 1. The first kappa shape index (κ1) is 15.2. The van der Waals surface area contributed by atoms with E-state index < -0.39 is 5.60 Å². The quantitative estimate of drug-likeness (QED) is 0.655. The number of nitrogens with one attached hydrogen (secondary N) is 2. The van der Waals surface area contributed by atoms with Crippen LogP contribution in [0.15, 0.2) is 18.3 Å². The highest BCUT2D eigenvalue weighted by molar-refractivity contribution is 6.39. The van der Waals surface area contributed by atoms with Gasteiger partial charge in [0.25, 0.3) is 5.91 Å². The summed E-state index contributed by atoms with van der Waals surface area (Å²) in [6.45, 7) is 0.243. The number of fused-ring (bicyclic) bond motifs is 1. The van der Waals surface area contributed by atoms with Crippen molar-refractivity contribution in [2.45, 2.75) is 37.7 Å². The predicted octanol–water partition coefficient (Wildman–Crippen LogP) is 2.83. The molecule has 1 aromatic carbocycles. The second-order valence-electron chi connectivity index (χ2n) is 6.06. The van der Waals surface area contributed by atoms with E-state index in [2.05, 4.69) is 10.3 Å². The van der Waals surface area contributed by atoms with E-state index >= 15 is 0 Å². The highest BCUT2D eigenvalue weighted by atomic mass is 35.5. The van der Waals surface area contributed by atoms with Gasteiger partial charge in [0.2, 0.25) is 0 Å². The molecular weight excluding hydrogens is 302 g/mol. The highest BCUT2D eigenvalue weighted by Gasteiger charge is 2.30. The van der Waals surface area contributed by atoms with Gasteiger partial charge >= 0.3 is 0 Å². The third-order valence-electron chi connectivity index (χ3n) is 4.42. The minimum Gasteiger partial charge on any atom is -0.397 e. The van der Waals surface area contributed by atoms with E-state index in [1.54, 1.807) is 18.3 Å². The molecule has 2 aromatic rings. The van der Waals surface area contributed by atoms with Crippen LogP contribution in [0.5, 0.6) is 0 Å². The van der Waals surface area contributed by atoms with Crippen molar-refractivity contribution >= 4 is 34.1 Å². The number of hydrogen-bond donors (Lipinski definition) is 4. The van der Waals surface area contributed by atoms with Gasteiger partial charge in [0.15, 0.2) is 0 Å². The lowest BCUT2D eigenvalue weighted by Gasteiger charge is -2.32. The number of hydrogen-bond acceptors (Lipinski definition) is 3. The first-order valence-corrected chi connectivity index (χ1v) is 7.94. The van der Waals surface area contributed by atoms with Crippen molar-refractivity contribution in [3.63, 3.8) is 0 Å². The van der Waals surface area contributed by atoms with Gasteiger partial charge in [-0.15, -0.1) is 0 Å². The molecule has 0 saturated heterocycles. The van der Waals surface area contributed by atoms with Crippen LogP contribution in [0, 0.1) is 0 Å². The predicted molar refractivity (Wildman–Crippen MR) is 88.1 cm³/mol. The molecule has 1 heterocycles. The minimum atomic E-state index is -0.801. The van der Waals surface area contributed by atoms with Gasteiger partial charge in [-0.3, -0.25) is 4.79 Å². The summed E-state index contributed by atoms with van der Waals surface area (Å²) in [6, 6.07) is 3.36. The molecule has 0 unspecified atom stereocenters. The molecule has 0 aliphatic heterocycles. The summed E-state index contributed by atoms with van der Waals surface area (Å²) < 4.78 is 0. The molecule has 0 bridgehead atoms. The maximum Gasteiger partial charge on any atom is 0.252 e. The lowest BCUT2D eigenvalue weighted by Crippen LogP contribution is -2.44. The second-order valence-corrected chi connectivity index (χ2v) is 6.44. The average molecular weight is 322 g/mol. The smallest absolute Gasteiger partial charge is 0.252 e. The number of halogens is 1. The number of H-pyrrole nitrogens is 1. The fraction of sp³-hybridized carbons (Fsp3) is 0.438. The lowest BCUT2D eigenvalue weighted by atomic mass is 9.85. The van der Waals surface area contributed by atoms with Gasteiger partial charge in [-0.05, 0) is 25.0 Å². The van der Waals surface area contributed by atoms with Crippen LogP contribution in [0.3, 0.4) is 0 Å². The van der Waals surface area contributed by atoms with Crippen LogP contribution in [-0.2, 0) is 0 Å². The Balaban J connectivity index is 1.79. The molecule has 1 aliphatic carbocycles. The number of aromatic nitrogens is 1. The van der Waals surface area contributed by atoms with Crippen molar-refractivity contribution in [2.75, 3.05) is 12.3 Å². The van der Waals surface area contributed by atoms with Gasteiger partial charge in [0.1, 0.15) is 0 Å². The van der Waals surface area contributed by atoms with Gasteiger partial charge in [0, 0.05) is 18.1 Å². The monoisotopic (exact) mass is 321 g/mol. The Morgan fingerprint density at radius 2 is 2.14 bits per heavy atom.